The lowest BCUT2D eigenvalue weighted by Gasteiger charge is -2.24. The van der Waals surface area contributed by atoms with Gasteiger partial charge in [0.05, 0.1) is 17.9 Å². The number of fused-ring (bicyclic) bond motifs is 3. The normalized spacial score (nSPS) is 13.2. The van der Waals surface area contributed by atoms with E-state index in [1.807, 2.05) is 12.1 Å². The van der Waals surface area contributed by atoms with Crippen molar-refractivity contribution in [3.63, 3.8) is 0 Å². The van der Waals surface area contributed by atoms with Crippen molar-refractivity contribution in [1.29, 1.82) is 0 Å². The quantitative estimate of drug-likeness (QED) is 0.866. The second kappa shape index (κ2) is 5.85. The number of ether oxygens (including phenoxy) is 3. The van der Waals surface area contributed by atoms with Crippen molar-refractivity contribution in [2.45, 2.75) is 40.2 Å². The topological polar surface area (TPSA) is 69.7 Å². The van der Waals surface area contributed by atoms with Gasteiger partial charge in [0.1, 0.15) is 5.82 Å². The van der Waals surface area contributed by atoms with E-state index in [0.29, 0.717) is 40.6 Å². The molecule has 0 radical (unpaired) electrons. The zero-order chi connectivity index (χ0) is 17.5. The number of hydrogen-bond donors (Lipinski definition) is 1. The van der Waals surface area contributed by atoms with E-state index >= 15 is 0 Å². The number of pyridine rings is 1. The van der Waals surface area contributed by atoms with Gasteiger partial charge < -0.3 is 19.5 Å². The summed E-state index contributed by atoms with van der Waals surface area (Å²) in [4.78, 5) is 17.1. The summed E-state index contributed by atoms with van der Waals surface area (Å²) >= 11 is 0. The molecular formula is C18H22N2O4. The van der Waals surface area contributed by atoms with Crippen molar-refractivity contribution >= 4 is 22.6 Å². The first-order valence-corrected chi connectivity index (χ1v) is 8.00. The third-order valence-corrected chi connectivity index (χ3v) is 3.66. The Labute approximate surface area is 141 Å². The van der Waals surface area contributed by atoms with Crippen LogP contribution in [0.1, 0.15) is 43.7 Å². The van der Waals surface area contributed by atoms with Gasteiger partial charge in [0.2, 0.25) is 6.79 Å². The minimum atomic E-state index is -0.404. The average molecular weight is 330 g/mol. The molecule has 0 aliphatic carbocycles. The van der Waals surface area contributed by atoms with Gasteiger partial charge in [0.25, 0.3) is 0 Å². The van der Waals surface area contributed by atoms with Gasteiger partial charge >= 0.3 is 5.97 Å². The Hall–Kier alpha value is -2.50. The minimum Gasteiger partial charge on any atom is -0.462 e. The van der Waals surface area contributed by atoms with E-state index in [4.69, 9.17) is 14.2 Å². The van der Waals surface area contributed by atoms with Crippen LogP contribution in [0.15, 0.2) is 12.1 Å². The molecule has 6 heteroatoms. The van der Waals surface area contributed by atoms with E-state index in [-0.39, 0.29) is 12.3 Å². The molecule has 0 fully saturated rings. The Morgan fingerprint density at radius 1 is 1.33 bits per heavy atom. The largest absolute Gasteiger partial charge is 0.462 e. The molecule has 0 unspecified atom stereocenters. The maximum absolute atomic E-state index is 12.5. The summed E-state index contributed by atoms with van der Waals surface area (Å²) in [7, 11) is 0. The fourth-order valence-electron chi connectivity index (χ4n) is 2.79. The number of nitrogens with one attached hydrogen (secondary N) is 1. The Morgan fingerprint density at radius 2 is 2.08 bits per heavy atom. The van der Waals surface area contributed by atoms with E-state index in [9.17, 15) is 4.79 Å². The van der Waals surface area contributed by atoms with Crippen LogP contribution in [0.3, 0.4) is 0 Å². The lowest BCUT2D eigenvalue weighted by Crippen LogP contribution is -2.27. The maximum Gasteiger partial charge on any atom is 0.340 e. The number of aromatic nitrogens is 1. The van der Waals surface area contributed by atoms with Crippen LogP contribution in [0, 0.1) is 6.92 Å². The molecule has 2 aromatic rings. The van der Waals surface area contributed by atoms with Gasteiger partial charge in [-0.15, -0.1) is 0 Å². The highest BCUT2D eigenvalue weighted by molar-refractivity contribution is 6.11. The molecule has 1 aromatic carbocycles. The van der Waals surface area contributed by atoms with Crippen molar-refractivity contribution in [2.75, 3.05) is 18.7 Å². The van der Waals surface area contributed by atoms with Gasteiger partial charge in [0.15, 0.2) is 11.5 Å². The zero-order valence-corrected chi connectivity index (χ0v) is 14.6. The van der Waals surface area contributed by atoms with Crippen molar-refractivity contribution in [3.05, 3.63) is 23.4 Å². The number of esters is 1. The standard InChI is InChI=1S/C18H22N2O4/c1-6-22-17(21)13-10(2)19-16(20-18(3,4)5)11-7-8-12-15(14(11)13)24-9-23-12/h7-8H,6,9H2,1-5H3,(H,19,20). The fourth-order valence-corrected chi connectivity index (χ4v) is 2.79. The number of aryl methyl sites for hydroxylation is 1. The second-order valence-electron chi connectivity index (χ2n) is 6.74. The third kappa shape index (κ3) is 2.84. The number of rotatable bonds is 3. The van der Waals surface area contributed by atoms with Gasteiger partial charge in [-0.3, -0.25) is 0 Å². The summed E-state index contributed by atoms with van der Waals surface area (Å²) in [6.45, 7) is 10.2. The maximum atomic E-state index is 12.5. The molecule has 2 heterocycles. The molecule has 128 valence electrons. The molecule has 3 rings (SSSR count). The summed E-state index contributed by atoms with van der Waals surface area (Å²) < 4.78 is 16.3. The Morgan fingerprint density at radius 3 is 2.75 bits per heavy atom. The number of benzene rings is 1. The predicted molar refractivity (Wildman–Crippen MR) is 91.9 cm³/mol. The van der Waals surface area contributed by atoms with Crippen molar-refractivity contribution in [3.8, 4) is 11.5 Å². The smallest absolute Gasteiger partial charge is 0.340 e. The van der Waals surface area contributed by atoms with Crippen molar-refractivity contribution in [2.24, 2.45) is 0 Å². The van der Waals surface area contributed by atoms with E-state index in [1.54, 1.807) is 13.8 Å². The van der Waals surface area contributed by atoms with Crippen LogP contribution in [0.2, 0.25) is 0 Å². The van der Waals surface area contributed by atoms with E-state index in [1.165, 1.54) is 0 Å². The lowest BCUT2D eigenvalue weighted by atomic mass is 10.0. The molecule has 0 amide bonds. The van der Waals surface area contributed by atoms with Crippen LogP contribution >= 0.6 is 0 Å². The average Bonchev–Trinajstić information content (AvgIpc) is 2.94. The number of anilines is 1. The van der Waals surface area contributed by atoms with E-state index in [2.05, 4.69) is 31.1 Å². The first-order chi connectivity index (χ1) is 11.3. The molecule has 1 N–H and O–H groups in total. The molecule has 1 aliphatic rings. The molecule has 0 atom stereocenters. The van der Waals surface area contributed by atoms with E-state index < -0.39 is 5.97 Å². The van der Waals surface area contributed by atoms with Crippen LogP contribution in [0.4, 0.5) is 5.82 Å². The summed E-state index contributed by atoms with van der Waals surface area (Å²) in [5.41, 5.74) is 0.846. The Balaban J connectivity index is 2.32. The highest BCUT2D eigenvalue weighted by atomic mass is 16.7. The van der Waals surface area contributed by atoms with Crippen LogP contribution in [-0.4, -0.2) is 29.9 Å². The molecule has 1 aromatic heterocycles. The minimum absolute atomic E-state index is 0.139. The molecule has 0 spiro atoms. The molecular weight excluding hydrogens is 308 g/mol. The molecule has 1 aliphatic heterocycles. The first kappa shape index (κ1) is 16.4. The third-order valence-electron chi connectivity index (χ3n) is 3.66. The van der Waals surface area contributed by atoms with E-state index in [0.717, 1.165) is 5.39 Å². The first-order valence-electron chi connectivity index (χ1n) is 8.00. The summed E-state index contributed by atoms with van der Waals surface area (Å²) in [5.74, 6) is 1.50. The fraction of sp³-hybridized carbons (Fsp3) is 0.444. The Kier molecular flexibility index (Phi) is 3.99. The zero-order valence-electron chi connectivity index (χ0n) is 14.6. The molecule has 0 saturated carbocycles. The van der Waals surface area contributed by atoms with Crippen LogP contribution in [0.25, 0.3) is 10.8 Å². The summed E-state index contributed by atoms with van der Waals surface area (Å²) in [6.07, 6.45) is 0. The number of hydrogen-bond acceptors (Lipinski definition) is 6. The van der Waals surface area contributed by atoms with Gasteiger partial charge in [-0.1, -0.05) is 0 Å². The predicted octanol–water partition coefficient (Wildman–Crippen LogP) is 3.66. The van der Waals surface area contributed by atoms with Crippen LogP contribution in [-0.2, 0) is 4.74 Å². The summed E-state index contributed by atoms with van der Waals surface area (Å²) in [6, 6.07) is 3.73. The number of carbonyl (C=O) groups is 1. The van der Waals surface area contributed by atoms with Gasteiger partial charge in [0, 0.05) is 16.3 Å². The van der Waals surface area contributed by atoms with Crippen molar-refractivity contribution in [1.82, 2.24) is 4.98 Å². The molecule has 0 bridgehead atoms. The molecule has 24 heavy (non-hydrogen) atoms. The van der Waals surface area contributed by atoms with Gasteiger partial charge in [-0.05, 0) is 46.8 Å². The van der Waals surface area contributed by atoms with Gasteiger partial charge in [-0.25, -0.2) is 9.78 Å². The van der Waals surface area contributed by atoms with Crippen LogP contribution < -0.4 is 14.8 Å². The van der Waals surface area contributed by atoms with Crippen molar-refractivity contribution < 1.29 is 19.0 Å². The SMILES string of the molecule is CCOC(=O)c1c(C)nc(NC(C)(C)C)c2ccc3c(c12)OCO3. The van der Waals surface area contributed by atoms with Crippen LogP contribution in [0.5, 0.6) is 11.5 Å². The highest BCUT2D eigenvalue weighted by Gasteiger charge is 2.27. The monoisotopic (exact) mass is 330 g/mol. The second-order valence-corrected chi connectivity index (χ2v) is 6.74. The lowest BCUT2D eigenvalue weighted by molar-refractivity contribution is 0.0527. The highest BCUT2D eigenvalue weighted by Crippen LogP contribution is 2.43. The summed E-state index contributed by atoms with van der Waals surface area (Å²) in [5, 5.41) is 4.89. The Bertz CT molecular complexity index is 809. The number of nitrogens with zero attached hydrogens (tertiary/aromatic N) is 1. The molecule has 0 saturated heterocycles. The molecule has 6 nitrogen and oxygen atoms in total. The number of carbonyl (C=O) groups excluding carboxylic acids is 1. The van der Waals surface area contributed by atoms with Gasteiger partial charge in [-0.2, -0.15) is 0 Å².